The molecule has 0 unspecified atom stereocenters. The Morgan fingerprint density at radius 2 is 1.97 bits per heavy atom. The van der Waals surface area contributed by atoms with Crippen LogP contribution < -0.4 is 15.0 Å². The maximum atomic E-state index is 12.7. The first-order valence-corrected chi connectivity index (χ1v) is 9.44. The van der Waals surface area contributed by atoms with Crippen molar-refractivity contribution in [2.24, 2.45) is 0 Å². The summed E-state index contributed by atoms with van der Waals surface area (Å²) in [5.41, 5.74) is 4.28. The standard InChI is InChI=1S/C23H21N3O3/c1-16-4-7-20(8-5-16)29-15-22(27)25-19-6-9-21-17(13-19)10-12-26(21)23(28)18-3-2-11-24-14-18/h2-9,11,13-14H,10,12,15H2,1H3,(H,25,27). The largest absolute Gasteiger partial charge is 0.484 e. The third kappa shape index (κ3) is 4.27. The highest BCUT2D eigenvalue weighted by molar-refractivity contribution is 6.07. The maximum absolute atomic E-state index is 12.7. The van der Waals surface area contributed by atoms with Gasteiger partial charge in [-0.05, 0) is 61.4 Å². The number of amides is 2. The number of carbonyl (C=O) groups is 2. The van der Waals surface area contributed by atoms with Gasteiger partial charge in [-0.15, -0.1) is 0 Å². The number of benzene rings is 2. The van der Waals surface area contributed by atoms with Crippen LogP contribution in [0, 0.1) is 6.92 Å². The monoisotopic (exact) mass is 387 g/mol. The van der Waals surface area contributed by atoms with Crippen molar-refractivity contribution in [3.63, 3.8) is 0 Å². The molecule has 0 saturated heterocycles. The van der Waals surface area contributed by atoms with Crippen LogP contribution in [0.3, 0.4) is 0 Å². The molecule has 4 rings (SSSR count). The number of nitrogens with one attached hydrogen (secondary N) is 1. The van der Waals surface area contributed by atoms with Gasteiger partial charge in [0.2, 0.25) is 0 Å². The molecule has 2 heterocycles. The highest BCUT2D eigenvalue weighted by Crippen LogP contribution is 2.31. The number of fused-ring (bicyclic) bond motifs is 1. The molecule has 29 heavy (non-hydrogen) atoms. The van der Waals surface area contributed by atoms with Crippen molar-refractivity contribution in [2.75, 3.05) is 23.4 Å². The van der Waals surface area contributed by atoms with E-state index in [1.165, 1.54) is 0 Å². The van der Waals surface area contributed by atoms with E-state index in [4.69, 9.17) is 4.74 Å². The highest BCUT2D eigenvalue weighted by Gasteiger charge is 2.26. The van der Waals surface area contributed by atoms with Gasteiger partial charge in [0.15, 0.2) is 6.61 Å². The number of anilines is 2. The van der Waals surface area contributed by atoms with E-state index in [-0.39, 0.29) is 18.4 Å². The fourth-order valence-corrected chi connectivity index (χ4v) is 3.32. The zero-order valence-corrected chi connectivity index (χ0v) is 16.1. The number of ether oxygens (including phenoxy) is 1. The Bertz CT molecular complexity index is 1030. The molecule has 6 nitrogen and oxygen atoms in total. The van der Waals surface area contributed by atoms with Gasteiger partial charge in [-0.3, -0.25) is 14.6 Å². The Labute approximate surface area is 169 Å². The van der Waals surface area contributed by atoms with Crippen molar-refractivity contribution < 1.29 is 14.3 Å². The molecule has 1 aliphatic heterocycles. The summed E-state index contributed by atoms with van der Waals surface area (Å²) in [4.78, 5) is 30.7. The van der Waals surface area contributed by atoms with Crippen LogP contribution in [0.4, 0.5) is 11.4 Å². The molecule has 0 saturated carbocycles. The van der Waals surface area contributed by atoms with Gasteiger partial charge in [0, 0.05) is 30.3 Å². The molecule has 0 aliphatic carbocycles. The molecular weight excluding hydrogens is 366 g/mol. The summed E-state index contributed by atoms with van der Waals surface area (Å²) in [7, 11) is 0. The normalized spacial score (nSPS) is 12.4. The Balaban J connectivity index is 1.39. The number of hydrogen-bond acceptors (Lipinski definition) is 4. The summed E-state index contributed by atoms with van der Waals surface area (Å²) >= 11 is 0. The van der Waals surface area contributed by atoms with Crippen LogP contribution in [0.15, 0.2) is 67.0 Å². The molecule has 2 aromatic carbocycles. The number of pyridine rings is 1. The quantitative estimate of drug-likeness (QED) is 0.726. The van der Waals surface area contributed by atoms with Crippen LogP contribution in [0.5, 0.6) is 5.75 Å². The van der Waals surface area contributed by atoms with Gasteiger partial charge in [-0.25, -0.2) is 0 Å². The Morgan fingerprint density at radius 3 is 2.72 bits per heavy atom. The molecule has 0 atom stereocenters. The molecule has 0 radical (unpaired) electrons. The average molecular weight is 387 g/mol. The van der Waals surface area contributed by atoms with E-state index in [1.807, 2.05) is 43.3 Å². The second-order valence-electron chi connectivity index (χ2n) is 6.94. The van der Waals surface area contributed by atoms with E-state index in [9.17, 15) is 9.59 Å². The molecule has 6 heteroatoms. The fraction of sp³-hybridized carbons (Fsp3) is 0.174. The molecule has 0 fully saturated rings. The zero-order valence-electron chi connectivity index (χ0n) is 16.1. The van der Waals surface area contributed by atoms with E-state index in [0.717, 1.165) is 23.2 Å². The molecule has 1 aliphatic rings. The van der Waals surface area contributed by atoms with E-state index in [2.05, 4.69) is 10.3 Å². The summed E-state index contributed by atoms with van der Waals surface area (Å²) in [6.45, 7) is 2.54. The van der Waals surface area contributed by atoms with Gasteiger partial charge in [-0.2, -0.15) is 0 Å². The smallest absolute Gasteiger partial charge is 0.262 e. The number of nitrogens with zero attached hydrogens (tertiary/aromatic N) is 2. The topological polar surface area (TPSA) is 71.5 Å². The van der Waals surface area contributed by atoms with Gasteiger partial charge in [0.1, 0.15) is 5.75 Å². The molecule has 146 valence electrons. The molecule has 1 N–H and O–H groups in total. The molecular formula is C23H21N3O3. The minimum atomic E-state index is -0.230. The number of rotatable bonds is 5. The summed E-state index contributed by atoms with van der Waals surface area (Å²) in [5, 5.41) is 2.85. The number of aromatic nitrogens is 1. The third-order valence-electron chi connectivity index (χ3n) is 4.80. The zero-order chi connectivity index (χ0) is 20.2. The van der Waals surface area contributed by atoms with E-state index >= 15 is 0 Å². The van der Waals surface area contributed by atoms with Gasteiger partial charge < -0.3 is 15.0 Å². The Hall–Kier alpha value is -3.67. The van der Waals surface area contributed by atoms with E-state index in [0.29, 0.717) is 23.5 Å². The Kier molecular flexibility index (Phi) is 5.24. The van der Waals surface area contributed by atoms with Crippen molar-refractivity contribution >= 4 is 23.2 Å². The van der Waals surface area contributed by atoms with Crippen LogP contribution in [0.1, 0.15) is 21.5 Å². The van der Waals surface area contributed by atoms with Crippen molar-refractivity contribution in [1.82, 2.24) is 4.98 Å². The van der Waals surface area contributed by atoms with Gasteiger partial charge in [0.05, 0.1) is 5.56 Å². The van der Waals surface area contributed by atoms with Crippen molar-refractivity contribution in [2.45, 2.75) is 13.3 Å². The maximum Gasteiger partial charge on any atom is 0.262 e. The molecule has 2 amide bonds. The lowest BCUT2D eigenvalue weighted by atomic mass is 10.1. The minimum Gasteiger partial charge on any atom is -0.484 e. The summed E-state index contributed by atoms with van der Waals surface area (Å²) in [6.07, 6.45) is 3.96. The molecule has 0 bridgehead atoms. The van der Waals surface area contributed by atoms with Crippen molar-refractivity contribution in [1.29, 1.82) is 0 Å². The van der Waals surface area contributed by atoms with Crippen LogP contribution in [0.25, 0.3) is 0 Å². The van der Waals surface area contributed by atoms with Crippen LogP contribution >= 0.6 is 0 Å². The number of carbonyl (C=O) groups excluding carboxylic acids is 2. The van der Waals surface area contributed by atoms with Crippen LogP contribution in [-0.4, -0.2) is 29.9 Å². The highest BCUT2D eigenvalue weighted by atomic mass is 16.5. The SMILES string of the molecule is Cc1ccc(OCC(=O)Nc2ccc3c(c2)CCN3C(=O)c2cccnc2)cc1. The lowest BCUT2D eigenvalue weighted by molar-refractivity contribution is -0.118. The summed E-state index contributed by atoms with van der Waals surface area (Å²) in [6, 6.07) is 16.6. The lowest BCUT2D eigenvalue weighted by Crippen LogP contribution is -2.28. The fourth-order valence-electron chi connectivity index (χ4n) is 3.32. The minimum absolute atomic E-state index is 0.0637. The predicted octanol–water partition coefficient (Wildman–Crippen LogP) is 3.61. The first kappa shape index (κ1) is 18.7. The second kappa shape index (κ2) is 8.14. The summed E-state index contributed by atoms with van der Waals surface area (Å²) < 4.78 is 5.51. The predicted molar refractivity (Wildman–Crippen MR) is 111 cm³/mol. The third-order valence-corrected chi connectivity index (χ3v) is 4.80. The second-order valence-corrected chi connectivity index (χ2v) is 6.94. The number of hydrogen-bond donors (Lipinski definition) is 1. The Morgan fingerprint density at radius 1 is 1.14 bits per heavy atom. The van der Waals surface area contributed by atoms with Crippen LogP contribution in [0.2, 0.25) is 0 Å². The molecule has 0 spiro atoms. The summed E-state index contributed by atoms with van der Waals surface area (Å²) in [5.74, 6) is 0.358. The first-order chi connectivity index (χ1) is 14.1. The van der Waals surface area contributed by atoms with Crippen molar-refractivity contribution in [3.8, 4) is 5.75 Å². The lowest BCUT2D eigenvalue weighted by Gasteiger charge is -2.17. The molecule has 1 aromatic heterocycles. The number of aryl methyl sites for hydroxylation is 1. The van der Waals surface area contributed by atoms with E-state index in [1.54, 1.807) is 35.5 Å². The van der Waals surface area contributed by atoms with Crippen molar-refractivity contribution in [3.05, 3.63) is 83.7 Å². The molecule has 3 aromatic rings. The first-order valence-electron chi connectivity index (χ1n) is 9.44. The van der Waals surface area contributed by atoms with Gasteiger partial charge >= 0.3 is 0 Å². The van der Waals surface area contributed by atoms with Crippen LogP contribution in [-0.2, 0) is 11.2 Å². The van der Waals surface area contributed by atoms with E-state index < -0.39 is 0 Å². The van der Waals surface area contributed by atoms with Gasteiger partial charge in [0.25, 0.3) is 11.8 Å². The average Bonchev–Trinajstić information content (AvgIpc) is 3.16. The van der Waals surface area contributed by atoms with Gasteiger partial charge in [-0.1, -0.05) is 17.7 Å².